The zero-order chi connectivity index (χ0) is 17.3. The first kappa shape index (κ1) is 17.7. The van der Waals surface area contributed by atoms with Crippen molar-refractivity contribution in [2.75, 3.05) is 66.1 Å². The van der Waals surface area contributed by atoms with Crippen molar-refractivity contribution in [1.29, 1.82) is 0 Å². The molecule has 0 saturated carbocycles. The maximum absolute atomic E-state index is 12.7. The molecule has 4 heterocycles. The minimum absolute atomic E-state index is 0.0282. The summed E-state index contributed by atoms with van der Waals surface area (Å²) in [6.45, 7) is 8.74. The van der Waals surface area contributed by atoms with Crippen LogP contribution in [0.5, 0.6) is 0 Å². The molecule has 142 valence electrons. The smallest absolute Gasteiger partial charge is 0.225 e. The Hall–Kier alpha value is -0.690. The molecule has 1 spiro atoms. The number of likely N-dealkylation sites (N-methyl/N-ethyl adjacent to an activating group) is 1. The van der Waals surface area contributed by atoms with Crippen molar-refractivity contribution in [3.8, 4) is 0 Å². The van der Waals surface area contributed by atoms with Gasteiger partial charge in [-0.2, -0.15) is 0 Å². The van der Waals surface area contributed by atoms with Crippen LogP contribution in [0.1, 0.15) is 32.1 Å². The van der Waals surface area contributed by atoms with Gasteiger partial charge >= 0.3 is 0 Å². The van der Waals surface area contributed by atoms with E-state index >= 15 is 0 Å². The summed E-state index contributed by atoms with van der Waals surface area (Å²) in [4.78, 5) is 19.8. The predicted octanol–water partition coefficient (Wildman–Crippen LogP) is 0.811. The molecule has 4 aliphatic heterocycles. The highest BCUT2D eigenvalue weighted by Crippen LogP contribution is 2.38. The summed E-state index contributed by atoms with van der Waals surface area (Å²) >= 11 is 0. The second-order valence-electron chi connectivity index (χ2n) is 8.40. The molecule has 6 nitrogen and oxygen atoms in total. The van der Waals surface area contributed by atoms with Crippen LogP contribution in [0.4, 0.5) is 0 Å². The standard InChI is InChI=1S/C19H33N3O3/c1-20-8-10-21(11-9-20)17-14-19(25-15-17)4-6-22(7-5-19)18(23)16-2-12-24-13-3-16/h16-17H,2-15H2,1H3/t17-/m0/s1. The molecule has 0 unspecified atom stereocenters. The average molecular weight is 351 g/mol. The first-order valence-electron chi connectivity index (χ1n) is 10.1. The highest BCUT2D eigenvalue weighted by molar-refractivity contribution is 5.79. The highest BCUT2D eigenvalue weighted by atomic mass is 16.5. The number of carbonyl (C=O) groups excluding carboxylic acids is 1. The summed E-state index contributed by atoms with van der Waals surface area (Å²) < 4.78 is 11.7. The molecule has 4 fully saturated rings. The van der Waals surface area contributed by atoms with Crippen molar-refractivity contribution in [3.05, 3.63) is 0 Å². The molecule has 0 radical (unpaired) electrons. The number of hydrogen-bond acceptors (Lipinski definition) is 5. The number of rotatable bonds is 2. The van der Waals surface area contributed by atoms with Crippen LogP contribution in [-0.2, 0) is 14.3 Å². The molecule has 1 atom stereocenters. The van der Waals surface area contributed by atoms with Crippen LogP contribution < -0.4 is 0 Å². The van der Waals surface area contributed by atoms with E-state index in [0.29, 0.717) is 11.9 Å². The Labute approximate surface area is 151 Å². The first-order chi connectivity index (χ1) is 12.2. The molecule has 0 aromatic carbocycles. The summed E-state index contributed by atoms with van der Waals surface area (Å²) in [7, 11) is 2.20. The number of carbonyl (C=O) groups is 1. The summed E-state index contributed by atoms with van der Waals surface area (Å²) in [5, 5.41) is 0. The van der Waals surface area contributed by atoms with Crippen molar-refractivity contribution < 1.29 is 14.3 Å². The van der Waals surface area contributed by atoms with Crippen molar-refractivity contribution in [3.63, 3.8) is 0 Å². The van der Waals surface area contributed by atoms with Gasteiger partial charge in [-0.25, -0.2) is 0 Å². The topological polar surface area (TPSA) is 45.2 Å². The van der Waals surface area contributed by atoms with E-state index < -0.39 is 0 Å². The van der Waals surface area contributed by atoms with Crippen LogP contribution in [-0.4, -0.2) is 98.4 Å². The fourth-order valence-corrected chi connectivity index (χ4v) is 4.93. The lowest BCUT2D eigenvalue weighted by molar-refractivity contribution is -0.143. The molecule has 25 heavy (non-hydrogen) atoms. The largest absolute Gasteiger partial charge is 0.381 e. The Bertz CT molecular complexity index is 465. The third-order valence-corrected chi connectivity index (χ3v) is 6.80. The molecule has 4 rings (SSSR count). The summed E-state index contributed by atoms with van der Waals surface area (Å²) in [5.41, 5.74) is 0.0282. The predicted molar refractivity (Wildman–Crippen MR) is 95.5 cm³/mol. The van der Waals surface area contributed by atoms with E-state index in [1.54, 1.807) is 0 Å². The molecule has 0 N–H and O–H groups in total. The Morgan fingerprint density at radius 3 is 2.36 bits per heavy atom. The summed E-state index contributed by atoms with van der Waals surface area (Å²) in [6.07, 6.45) is 4.94. The first-order valence-corrected chi connectivity index (χ1v) is 10.1. The lowest BCUT2D eigenvalue weighted by Gasteiger charge is -2.41. The number of piperidine rings is 1. The fourth-order valence-electron chi connectivity index (χ4n) is 4.93. The molecule has 0 aromatic heterocycles. The van der Waals surface area contributed by atoms with Gasteiger partial charge in [0.1, 0.15) is 0 Å². The molecule has 6 heteroatoms. The van der Waals surface area contributed by atoms with Crippen molar-refractivity contribution >= 4 is 5.91 Å². The average Bonchev–Trinajstić information content (AvgIpc) is 3.07. The van der Waals surface area contributed by atoms with Crippen molar-refractivity contribution in [1.82, 2.24) is 14.7 Å². The van der Waals surface area contributed by atoms with Crippen LogP contribution >= 0.6 is 0 Å². The summed E-state index contributed by atoms with van der Waals surface area (Å²) in [6, 6.07) is 0.575. The zero-order valence-corrected chi connectivity index (χ0v) is 15.6. The van der Waals surface area contributed by atoms with E-state index in [0.717, 1.165) is 91.2 Å². The molecule has 4 saturated heterocycles. The van der Waals surface area contributed by atoms with Crippen LogP contribution in [0.2, 0.25) is 0 Å². The monoisotopic (exact) mass is 351 g/mol. The van der Waals surface area contributed by atoms with Gasteiger partial charge in [0.25, 0.3) is 0 Å². The number of likely N-dealkylation sites (tertiary alicyclic amines) is 1. The normalized spacial score (nSPS) is 32.4. The molecule has 4 aliphatic rings. The third kappa shape index (κ3) is 3.87. The van der Waals surface area contributed by atoms with Crippen LogP contribution in [0.3, 0.4) is 0 Å². The Morgan fingerprint density at radius 2 is 1.68 bits per heavy atom. The van der Waals surface area contributed by atoms with Gasteiger partial charge in [0.05, 0.1) is 12.2 Å². The van der Waals surface area contributed by atoms with E-state index in [1.807, 2.05) is 0 Å². The van der Waals surface area contributed by atoms with Gasteiger partial charge in [-0.3, -0.25) is 9.69 Å². The van der Waals surface area contributed by atoms with Gasteiger partial charge in [-0.1, -0.05) is 0 Å². The number of ether oxygens (including phenoxy) is 2. The number of hydrogen-bond donors (Lipinski definition) is 0. The molecule has 0 aromatic rings. The maximum atomic E-state index is 12.7. The number of nitrogens with zero attached hydrogens (tertiary/aromatic N) is 3. The van der Waals surface area contributed by atoms with Crippen LogP contribution in [0.25, 0.3) is 0 Å². The fraction of sp³-hybridized carbons (Fsp3) is 0.947. The highest BCUT2D eigenvalue weighted by Gasteiger charge is 2.45. The van der Waals surface area contributed by atoms with Gasteiger partial charge in [-0.05, 0) is 39.2 Å². The lowest BCUT2D eigenvalue weighted by atomic mass is 9.86. The second kappa shape index (κ2) is 7.51. The maximum Gasteiger partial charge on any atom is 0.225 e. The van der Waals surface area contributed by atoms with Gasteiger partial charge in [-0.15, -0.1) is 0 Å². The number of amides is 1. The minimum atomic E-state index is 0.0282. The van der Waals surface area contributed by atoms with E-state index in [-0.39, 0.29) is 11.5 Å². The zero-order valence-electron chi connectivity index (χ0n) is 15.6. The van der Waals surface area contributed by atoms with E-state index in [4.69, 9.17) is 9.47 Å². The molecule has 1 amide bonds. The van der Waals surface area contributed by atoms with Crippen LogP contribution in [0.15, 0.2) is 0 Å². The molecular weight excluding hydrogens is 318 g/mol. The minimum Gasteiger partial charge on any atom is -0.381 e. The van der Waals surface area contributed by atoms with Gasteiger partial charge in [0, 0.05) is 64.4 Å². The van der Waals surface area contributed by atoms with Gasteiger partial charge in [0.2, 0.25) is 5.91 Å². The van der Waals surface area contributed by atoms with Crippen molar-refractivity contribution in [2.45, 2.75) is 43.7 Å². The lowest BCUT2D eigenvalue weighted by Crippen LogP contribution is -2.51. The van der Waals surface area contributed by atoms with E-state index in [2.05, 4.69) is 21.7 Å². The Balaban J connectivity index is 1.27. The molecule has 0 bridgehead atoms. The van der Waals surface area contributed by atoms with Gasteiger partial charge < -0.3 is 19.3 Å². The molecular formula is C19H33N3O3. The Kier molecular flexibility index (Phi) is 5.32. The quantitative estimate of drug-likeness (QED) is 0.737. The third-order valence-electron chi connectivity index (χ3n) is 6.80. The van der Waals surface area contributed by atoms with E-state index in [1.165, 1.54) is 0 Å². The van der Waals surface area contributed by atoms with Crippen molar-refractivity contribution in [2.24, 2.45) is 5.92 Å². The van der Waals surface area contributed by atoms with E-state index in [9.17, 15) is 4.79 Å². The van der Waals surface area contributed by atoms with Gasteiger partial charge in [0.15, 0.2) is 0 Å². The molecule has 0 aliphatic carbocycles. The number of piperazine rings is 1. The SMILES string of the molecule is CN1CCN([C@@H]2COC3(CCN(C(=O)C4CCOCC4)CC3)C2)CC1. The van der Waals surface area contributed by atoms with Crippen LogP contribution in [0, 0.1) is 5.92 Å². The second-order valence-corrected chi connectivity index (χ2v) is 8.40. The summed E-state index contributed by atoms with van der Waals surface area (Å²) in [5.74, 6) is 0.539. The Morgan fingerprint density at radius 1 is 1.00 bits per heavy atom.